The van der Waals surface area contributed by atoms with E-state index in [4.69, 9.17) is 14.3 Å². The lowest BCUT2D eigenvalue weighted by Gasteiger charge is -2.08. The van der Waals surface area contributed by atoms with Gasteiger partial charge in [-0.1, -0.05) is 12.1 Å². The Labute approximate surface area is 137 Å². The fraction of sp³-hybridized carbons (Fsp3) is 0.250. The van der Waals surface area contributed by atoms with Crippen LogP contribution in [0.3, 0.4) is 0 Å². The van der Waals surface area contributed by atoms with E-state index in [1.54, 1.807) is 24.3 Å². The maximum Gasteiger partial charge on any atom is 0.341 e. The number of aliphatic hydroxyl groups excluding tert-OH is 1. The van der Waals surface area contributed by atoms with Gasteiger partial charge in [0.25, 0.3) is 0 Å². The summed E-state index contributed by atoms with van der Waals surface area (Å²) in [5.41, 5.74) is 0.625. The van der Waals surface area contributed by atoms with Gasteiger partial charge in [0.15, 0.2) is 12.4 Å². The van der Waals surface area contributed by atoms with Gasteiger partial charge >= 0.3 is 11.9 Å². The molecule has 0 saturated heterocycles. The predicted octanol–water partition coefficient (Wildman–Crippen LogP) is 2.51. The lowest BCUT2D eigenvalue weighted by Crippen LogP contribution is -2.09. The zero-order valence-corrected chi connectivity index (χ0v) is 13.3. The molecule has 0 amide bonds. The zero-order chi connectivity index (χ0) is 16.7. The summed E-state index contributed by atoms with van der Waals surface area (Å²) in [4.78, 5) is 24.5. The van der Waals surface area contributed by atoms with E-state index in [2.05, 4.69) is 4.74 Å². The number of rotatable bonds is 7. The molecule has 0 saturated carbocycles. The third kappa shape index (κ3) is 4.37. The lowest BCUT2D eigenvalue weighted by atomic mass is 10.2. The average Bonchev–Trinajstić information content (AvgIpc) is 3.06. The van der Waals surface area contributed by atoms with Crippen molar-refractivity contribution < 1.29 is 28.6 Å². The average molecular weight is 336 g/mol. The molecule has 0 aliphatic carbocycles. The highest BCUT2D eigenvalue weighted by atomic mass is 32.2. The van der Waals surface area contributed by atoms with Gasteiger partial charge in [0.05, 0.1) is 25.5 Å². The van der Waals surface area contributed by atoms with Crippen LogP contribution in [-0.2, 0) is 16.1 Å². The summed E-state index contributed by atoms with van der Waals surface area (Å²) in [6.07, 6.45) is 1.33. The van der Waals surface area contributed by atoms with Crippen LogP contribution in [0, 0.1) is 0 Å². The van der Waals surface area contributed by atoms with Crippen LogP contribution < -0.4 is 0 Å². The molecule has 1 heterocycles. The predicted molar refractivity (Wildman–Crippen MR) is 83.4 cm³/mol. The Morgan fingerprint density at radius 3 is 2.70 bits per heavy atom. The summed E-state index contributed by atoms with van der Waals surface area (Å²) in [5, 5.41) is 8.90. The zero-order valence-electron chi connectivity index (χ0n) is 12.5. The number of esters is 2. The minimum Gasteiger partial charge on any atom is -0.465 e. The molecule has 1 aromatic heterocycles. The second-order valence-electron chi connectivity index (χ2n) is 4.39. The fourth-order valence-corrected chi connectivity index (χ4v) is 2.66. The van der Waals surface area contributed by atoms with Crippen LogP contribution in [0.2, 0.25) is 0 Å². The highest BCUT2D eigenvalue weighted by Gasteiger charge is 2.18. The van der Waals surface area contributed by atoms with Gasteiger partial charge in [0, 0.05) is 10.6 Å². The maximum atomic E-state index is 12.2. The number of ether oxygens (including phenoxy) is 2. The minimum atomic E-state index is -0.552. The normalized spacial score (nSPS) is 10.3. The highest BCUT2D eigenvalue weighted by molar-refractivity contribution is 7.99. The van der Waals surface area contributed by atoms with Crippen LogP contribution >= 0.6 is 11.8 Å². The van der Waals surface area contributed by atoms with Gasteiger partial charge < -0.3 is 19.0 Å². The van der Waals surface area contributed by atoms with E-state index in [1.165, 1.54) is 31.2 Å². The van der Waals surface area contributed by atoms with Gasteiger partial charge in [-0.05, 0) is 18.2 Å². The quantitative estimate of drug-likeness (QED) is 0.614. The molecular weight excluding hydrogens is 320 g/mol. The number of methoxy groups -OCH3 is 1. The third-order valence-corrected chi connectivity index (χ3v) is 3.99. The number of aliphatic hydroxyl groups is 1. The molecule has 122 valence electrons. The van der Waals surface area contributed by atoms with Gasteiger partial charge in [-0.3, -0.25) is 0 Å². The molecule has 23 heavy (non-hydrogen) atoms. The van der Waals surface area contributed by atoms with Crippen molar-refractivity contribution in [1.29, 1.82) is 0 Å². The highest BCUT2D eigenvalue weighted by Crippen LogP contribution is 2.23. The van der Waals surface area contributed by atoms with Gasteiger partial charge in [-0.2, -0.15) is 0 Å². The summed E-state index contributed by atoms with van der Waals surface area (Å²) in [7, 11) is 1.26. The van der Waals surface area contributed by atoms with E-state index in [9.17, 15) is 9.59 Å². The van der Waals surface area contributed by atoms with Crippen LogP contribution in [-0.4, -0.2) is 36.5 Å². The molecule has 0 atom stereocenters. The number of carbonyl (C=O) groups is 2. The molecule has 6 nitrogen and oxygen atoms in total. The minimum absolute atomic E-state index is 0.0168. The Morgan fingerprint density at radius 2 is 1.96 bits per heavy atom. The first-order valence-electron chi connectivity index (χ1n) is 6.82. The molecule has 0 aliphatic rings. The molecule has 0 bridgehead atoms. The number of hydrogen-bond acceptors (Lipinski definition) is 7. The molecule has 0 fully saturated rings. The van der Waals surface area contributed by atoms with Crippen LogP contribution in [0.25, 0.3) is 0 Å². The van der Waals surface area contributed by atoms with Crippen molar-refractivity contribution in [3.63, 3.8) is 0 Å². The van der Waals surface area contributed by atoms with E-state index in [0.717, 1.165) is 4.90 Å². The molecule has 2 aromatic rings. The van der Waals surface area contributed by atoms with Crippen molar-refractivity contribution in [2.45, 2.75) is 11.5 Å². The molecule has 0 radical (unpaired) electrons. The molecule has 0 unspecified atom stereocenters. The molecule has 1 aromatic carbocycles. The largest absolute Gasteiger partial charge is 0.465 e. The Morgan fingerprint density at radius 1 is 1.17 bits per heavy atom. The van der Waals surface area contributed by atoms with Gasteiger partial charge in [-0.15, -0.1) is 11.8 Å². The van der Waals surface area contributed by atoms with Crippen molar-refractivity contribution >= 4 is 23.7 Å². The van der Waals surface area contributed by atoms with Crippen LogP contribution in [0.4, 0.5) is 0 Å². The summed E-state index contributed by atoms with van der Waals surface area (Å²) >= 11 is 1.36. The number of furan rings is 1. The van der Waals surface area contributed by atoms with E-state index in [1.807, 2.05) is 0 Å². The van der Waals surface area contributed by atoms with Gasteiger partial charge in [0.2, 0.25) is 0 Å². The van der Waals surface area contributed by atoms with E-state index < -0.39 is 11.9 Å². The molecule has 7 heteroatoms. The lowest BCUT2D eigenvalue weighted by molar-refractivity contribution is 0.0428. The fourth-order valence-electron chi connectivity index (χ4n) is 1.87. The molecule has 0 spiro atoms. The van der Waals surface area contributed by atoms with Crippen molar-refractivity contribution in [1.82, 2.24) is 0 Å². The Balaban J connectivity index is 2.06. The maximum absolute atomic E-state index is 12.2. The van der Waals surface area contributed by atoms with Crippen LogP contribution in [0.5, 0.6) is 0 Å². The Bertz CT molecular complexity index is 679. The van der Waals surface area contributed by atoms with E-state index >= 15 is 0 Å². The third-order valence-electron chi connectivity index (χ3n) is 2.94. The van der Waals surface area contributed by atoms with Gasteiger partial charge in [-0.25, -0.2) is 9.59 Å². The number of thioether (sulfide) groups is 1. The standard InChI is InChI=1S/C16H16O6S/c1-20-15(18)11-6-8-21-13(11)10-22-16(19)12-4-2-3-5-14(12)23-9-7-17/h2-6,8,17H,7,9-10H2,1H3. The first kappa shape index (κ1) is 17.1. The molecular formula is C16H16O6S. The summed E-state index contributed by atoms with van der Waals surface area (Å²) in [5.74, 6) is -0.373. The summed E-state index contributed by atoms with van der Waals surface area (Å²) in [6.45, 7) is -0.155. The van der Waals surface area contributed by atoms with Crippen molar-refractivity contribution in [2.24, 2.45) is 0 Å². The van der Waals surface area contributed by atoms with Crippen molar-refractivity contribution in [2.75, 3.05) is 19.5 Å². The monoisotopic (exact) mass is 336 g/mol. The van der Waals surface area contributed by atoms with Crippen molar-refractivity contribution in [3.8, 4) is 0 Å². The summed E-state index contributed by atoms with van der Waals surface area (Å²) in [6, 6.07) is 8.42. The first-order valence-corrected chi connectivity index (χ1v) is 7.80. The van der Waals surface area contributed by atoms with E-state index in [-0.39, 0.29) is 24.5 Å². The van der Waals surface area contributed by atoms with Gasteiger partial charge in [0.1, 0.15) is 5.56 Å². The number of benzene rings is 1. The Kier molecular flexibility index (Phi) is 6.25. The molecule has 2 rings (SSSR count). The van der Waals surface area contributed by atoms with Crippen LogP contribution in [0.15, 0.2) is 45.9 Å². The number of hydrogen-bond donors (Lipinski definition) is 1. The number of carbonyl (C=O) groups excluding carboxylic acids is 2. The Hall–Kier alpha value is -2.25. The SMILES string of the molecule is COC(=O)c1ccoc1COC(=O)c1ccccc1SCCO. The van der Waals surface area contributed by atoms with Crippen LogP contribution in [0.1, 0.15) is 26.5 Å². The molecule has 1 N–H and O–H groups in total. The van der Waals surface area contributed by atoms with Crippen molar-refractivity contribution in [3.05, 3.63) is 53.5 Å². The second-order valence-corrected chi connectivity index (χ2v) is 5.53. The topological polar surface area (TPSA) is 86.0 Å². The molecule has 0 aliphatic heterocycles. The van der Waals surface area contributed by atoms with E-state index in [0.29, 0.717) is 11.3 Å². The first-order chi connectivity index (χ1) is 11.2. The summed E-state index contributed by atoms with van der Waals surface area (Å²) < 4.78 is 15.0. The second kappa shape index (κ2) is 8.40. The smallest absolute Gasteiger partial charge is 0.341 e.